The largest absolute Gasteiger partial charge is 0.395 e. The van der Waals surface area contributed by atoms with Crippen molar-refractivity contribution in [3.63, 3.8) is 0 Å². The van der Waals surface area contributed by atoms with E-state index in [0.29, 0.717) is 6.04 Å². The van der Waals surface area contributed by atoms with Gasteiger partial charge in [0.2, 0.25) is 0 Å². The van der Waals surface area contributed by atoms with Crippen LogP contribution >= 0.6 is 15.9 Å². The molecule has 1 rings (SSSR count). The third-order valence-corrected chi connectivity index (χ3v) is 2.91. The van der Waals surface area contributed by atoms with Gasteiger partial charge in [-0.3, -0.25) is 0 Å². The summed E-state index contributed by atoms with van der Waals surface area (Å²) in [6.07, 6.45) is 1.01. The van der Waals surface area contributed by atoms with E-state index in [9.17, 15) is 0 Å². The molecule has 1 aromatic carbocycles. The lowest BCUT2D eigenvalue weighted by molar-refractivity contribution is 0.239. The molecule has 0 radical (unpaired) electrons. The molecule has 0 saturated carbocycles. The molecule has 0 aliphatic carbocycles. The molecule has 0 amide bonds. The van der Waals surface area contributed by atoms with Crippen molar-refractivity contribution in [1.82, 2.24) is 5.32 Å². The molecule has 3 heteroatoms. The number of benzene rings is 1. The van der Waals surface area contributed by atoms with Crippen LogP contribution in [0.2, 0.25) is 0 Å². The summed E-state index contributed by atoms with van der Waals surface area (Å²) in [7, 11) is 0. The van der Waals surface area contributed by atoms with Crippen molar-refractivity contribution in [2.24, 2.45) is 0 Å². The van der Waals surface area contributed by atoms with Crippen molar-refractivity contribution in [3.05, 3.63) is 34.3 Å². The van der Waals surface area contributed by atoms with E-state index < -0.39 is 0 Å². The molecule has 0 saturated heterocycles. The van der Waals surface area contributed by atoms with Crippen LogP contribution in [0.15, 0.2) is 28.7 Å². The minimum absolute atomic E-state index is 0.133. The number of halogens is 1. The molecular formula is C12H18BrNO. The fraction of sp³-hybridized carbons (Fsp3) is 0.500. The van der Waals surface area contributed by atoms with Crippen LogP contribution in [0.1, 0.15) is 31.9 Å². The fourth-order valence-corrected chi connectivity index (χ4v) is 1.99. The third kappa shape index (κ3) is 3.93. The van der Waals surface area contributed by atoms with Gasteiger partial charge in [0.15, 0.2) is 0 Å². The lowest BCUT2D eigenvalue weighted by Crippen LogP contribution is -2.32. The highest BCUT2D eigenvalue weighted by Crippen LogP contribution is 2.20. The molecule has 2 atom stereocenters. The molecule has 0 fully saturated rings. The van der Waals surface area contributed by atoms with Crippen LogP contribution in [0.5, 0.6) is 0 Å². The van der Waals surface area contributed by atoms with Crippen molar-refractivity contribution in [2.45, 2.75) is 32.4 Å². The Morgan fingerprint density at radius 2 is 2.20 bits per heavy atom. The van der Waals surface area contributed by atoms with E-state index in [1.165, 1.54) is 5.56 Å². The molecule has 0 aromatic heterocycles. The smallest absolute Gasteiger partial charge is 0.0582 e. The van der Waals surface area contributed by atoms with Gasteiger partial charge in [-0.1, -0.05) is 35.0 Å². The van der Waals surface area contributed by atoms with E-state index >= 15 is 0 Å². The van der Waals surface area contributed by atoms with Crippen LogP contribution in [0.25, 0.3) is 0 Å². The Kier molecular flexibility index (Phi) is 5.29. The van der Waals surface area contributed by atoms with Gasteiger partial charge < -0.3 is 10.4 Å². The minimum atomic E-state index is 0.133. The van der Waals surface area contributed by atoms with Crippen LogP contribution in [0, 0.1) is 0 Å². The maximum Gasteiger partial charge on any atom is 0.0582 e. The van der Waals surface area contributed by atoms with Crippen LogP contribution in [0.4, 0.5) is 0 Å². The van der Waals surface area contributed by atoms with E-state index in [0.717, 1.165) is 10.9 Å². The summed E-state index contributed by atoms with van der Waals surface area (Å²) in [5.74, 6) is 0. The Labute approximate surface area is 99.8 Å². The zero-order valence-electron chi connectivity index (χ0n) is 9.20. The lowest BCUT2D eigenvalue weighted by atomic mass is 10.0. The zero-order valence-corrected chi connectivity index (χ0v) is 10.8. The Bertz CT molecular complexity index is 303. The van der Waals surface area contributed by atoms with Crippen molar-refractivity contribution >= 4 is 15.9 Å². The van der Waals surface area contributed by atoms with Gasteiger partial charge in [0.1, 0.15) is 0 Å². The molecular weight excluding hydrogens is 254 g/mol. The van der Waals surface area contributed by atoms with Crippen LogP contribution in [-0.2, 0) is 0 Å². The summed E-state index contributed by atoms with van der Waals surface area (Å²) in [6, 6.07) is 8.72. The number of aliphatic hydroxyl groups excluding tert-OH is 1. The molecule has 0 bridgehead atoms. The van der Waals surface area contributed by atoms with Gasteiger partial charge in [-0.25, -0.2) is 0 Å². The van der Waals surface area contributed by atoms with Crippen molar-refractivity contribution < 1.29 is 5.11 Å². The second-order valence-electron chi connectivity index (χ2n) is 3.77. The summed E-state index contributed by atoms with van der Waals surface area (Å²) in [5.41, 5.74) is 1.26. The fourth-order valence-electron chi connectivity index (χ4n) is 1.57. The number of hydrogen-bond donors (Lipinski definition) is 2. The van der Waals surface area contributed by atoms with Gasteiger partial charge in [0, 0.05) is 16.6 Å². The molecule has 1 aromatic rings. The van der Waals surface area contributed by atoms with Gasteiger partial charge in [0.25, 0.3) is 0 Å². The molecule has 0 heterocycles. The summed E-state index contributed by atoms with van der Waals surface area (Å²) < 4.78 is 1.09. The van der Waals surface area contributed by atoms with E-state index in [-0.39, 0.29) is 12.6 Å². The normalized spacial score (nSPS) is 14.9. The first-order valence-corrected chi connectivity index (χ1v) is 6.09. The van der Waals surface area contributed by atoms with E-state index in [1.807, 2.05) is 19.1 Å². The first-order chi connectivity index (χ1) is 7.17. The summed E-state index contributed by atoms with van der Waals surface area (Å²) in [4.78, 5) is 0. The van der Waals surface area contributed by atoms with Gasteiger partial charge >= 0.3 is 0 Å². The highest BCUT2D eigenvalue weighted by molar-refractivity contribution is 9.10. The number of hydrogen-bond acceptors (Lipinski definition) is 2. The first-order valence-electron chi connectivity index (χ1n) is 5.29. The first kappa shape index (κ1) is 12.7. The summed E-state index contributed by atoms with van der Waals surface area (Å²) in [6.45, 7) is 4.30. The van der Waals surface area contributed by atoms with E-state index in [4.69, 9.17) is 5.11 Å². The van der Waals surface area contributed by atoms with Gasteiger partial charge in [-0.2, -0.15) is 0 Å². The van der Waals surface area contributed by atoms with E-state index in [2.05, 4.69) is 40.3 Å². The maximum atomic E-state index is 9.01. The third-order valence-electron chi connectivity index (χ3n) is 2.42. The van der Waals surface area contributed by atoms with Crippen molar-refractivity contribution in [1.29, 1.82) is 0 Å². The molecule has 0 unspecified atom stereocenters. The second kappa shape index (κ2) is 6.26. The average molecular weight is 272 g/mol. The minimum Gasteiger partial charge on any atom is -0.395 e. The highest BCUT2D eigenvalue weighted by Gasteiger charge is 2.11. The van der Waals surface area contributed by atoms with Crippen LogP contribution in [-0.4, -0.2) is 17.8 Å². The number of aliphatic hydroxyl groups is 1. The van der Waals surface area contributed by atoms with Crippen molar-refractivity contribution in [2.75, 3.05) is 6.61 Å². The lowest BCUT2D eigenvalue weighted by Gasteiger charge is -2.21. The standard InChI is InChI=1S/C12H18BrNO/c1-3-12(14-9(2)8-15)10-5-4-6-11(13)7-10/h4-7,9,12,14-15H,3,8H2,1-2H3/t9-,12+/m1/s1. The van der Waals surface area contributed by atoms with Gasteiger partial charge in [0.05, 0.1) is 6.61 Å². The number of rotatable bonds is 5. The quantitative estimate of drug-likeness (QED) is 0.863. The Morgan fingerprint density at radius 1 is 1.47 bits per heavy atom. The van der Waals surface area contributed by atoms with Gasteiger partial charge in [-0.15, -0.1) is 0 Å². The summed E-state index contributed by atoms with van der Waals surface area (Å²) in [5, 5.41) is 12.4. The Morgan fingerprint density at radius 3 is 2.73 bits per heavy atom. The predicted octanol–water partition coefficient (Wildman–Crippen LogP) is 2.87. The maximum absolute atomic E-state index is 9.01. The number of nitrogens with one attached hydrogen (secondary N) is 1. The summed E-state index contributed by atoms with van der Waals surface area (Å²) >= 11 is 3.47. The zero-order chi connectivity index (χ0) is 11.3. The monoisotopic (exact) mass is 271 g/mol. The molecule has 15 heavy (non-hydrogen) atoms. The SMILES string of the molecule is CC[C@H](N[C@H](C)CO)c1cccc(Br)c1. The highest BCUT2D eigenvalue weighted by atomic mass is 79.9. The Hall–Kier alpha value is -0.380. The Balaban J connectivity index is 2.73. The molecule has 84 valence electrons. The molecule has 2 N–H and O–H groups in total. The molecule has 0 aliphatic rings. The van der Waals surface area contributed by atoms with Crippen LogP contribution < -0.4 is 5.32 Å². The molecule has 0 aliphatic heterocycles. The average Bonchev–Trinajstić information content (AvgIpc) is 2.25. The predicted molar refractivity (Wildman–Crippen MR) is 66.9 cm³/mol. The second-order valence-corrected chi connectivity index (χ2v) is 4.68. The van der Waals surface area contributed by atoms with E-state index in [1.54, 1.807) is 0 Å². The topological polar surface area (TPSA) is 32.3 Å². The van der Waals surface area contributed by atoms with Crippen molar-refractivity contribution in [3.8, 4) is 0 Å². The molecule has 2 nitrogen and oxygen atoms in total. The van der Waals surface area contributed by atoms with Crippen LogP contribution in [0.3, 0.4) is 0 Å². The molecule has 0 spiro atoms. The van der Waals surface area contributed by atoms with Gasteiger partial charge in [-0.05, 0) is 31.0 Å².